The third-order valence-corrected chi connectivity index (χ3v) is 5.79. The number of halogens is 1. The van der Waals surface area contributed by atoms with Gasteiger partial charge in [-0.2, -0.15) is 0 Å². The fourth-order valence-corrected chi connectivity index (χ4v) is 3.96. The Kier molecular flexibility index (Phi) is 5.79. The van der Waals surface area contributed by atoms with E-state index in [1.54, 1.807) is 6.26 Å². The maximum atomic E-state index is 12.8. The molecule has 3 aromatic rings. The molecular weight excluding hydrogens is 386 g/mol. The van der Waals surface area contributed by atoms with Crippen LogP contribution in [0.3, 0.4) is 0 Å². The van der Waals surface area contributed by atoms with Crippen LogP contribution in [0.4, 0.5) is 11.4 Å². The van der Waals surface area contributed by atoms with Crippen molar-refractivity contribution in [2.24, 2.45) is 0 Å². The van der Waals surface area contributed by atoms with Gasteiger partial charge in [-0.25, -0.2) is 0 Å². The lowest BCUT2D eigenvalue weighted by Gasteiger charge is -2.35. The van der Waals surface area contributed by atoms with Gasteiger partial charge < -0.3 is 19.5 Å². The Labute approximate surface area is 176 Å². The summed E-state index contributed by atoms with van der Waals surface area (Å²) in [5.41, 5.74) is 4.71. The summed E-state index contributed by atoms with van der Waals surface area (Å²) in [7, 11) is 2.13. The van der Waals surface area contributed by atoms with Gasteiger partial charge >= 0.3 is 0 Å². The van der Waals surface area contributed by atoms with E-state index in [2.05, 4.69) is 35.2 Å². The van der Waals surface area contributed by atoms with E-state index in [4.69, 9.17) is 16.0 Å². The second-order valence-corrected chi connectivity index (χ2v) is 8.06. The van der Waals surface area contributed by atoms with Crippen LogP contribution in [-0.2, 0) is 17.6 Å². The summed E-state index contributed by atoms with van der Waals surface area (Å²) in [6, 6.07) is 11.9. The Morgan fingerprint density at radius 3 is 2.69 bits per heavy atom. The second kappa shape index (κ2) is 8.47. The first-order valence-electron chi connectivity index (χ1n) is 10.1. The van der Waals surface area contributed by atoms with Gasteiger partial charge in [0, 0.05) is 42.2 Å². The van der Waals surface area contributed by atoms with E-state index < -0.39 is 0 Å². The minimum atomic E-state index is -0.0788. The van der Waals surface area contributed by atoms with Crippen molar-refractivity contribution in [3.63, 3.8) is 0 Å². The topological polar surface area (TPSA) is 48.7 Å². The molecule has 2 heterocycles. The van der Waals surface area contributed by atoms with Crippen LogP contribution in [0.15, 0.2) is 47.1 Å². The Balaban J connectivity index is 1.52. The van der Waals surface area contributed by atoms with Gasteiger partial charge in [0.2, 0.25) is 5.91 Å². The molecule has 2 aromatic carbocycles. The van der Waals surface area contributed by atoms with Crippen LogP contribution in [0.2, 0.25) is 5.02 Å². The normalized spacial score (nSPS) is 15.1. The number of aryl methyl sites for hydroxylation is 1. The molecule has 4 rings (SSSR count). The summed E-state index contributed by atoms with van der Waals surface area (Å²) in [5.74, 6) is -0.0788. The molecule has 0 bridgehead atoms. The van der Waals surface area contributed by atoms with E-state index in [-0.39, 0.29) is 12.3 Å². The predicted octanol–water partition coefficient (Wildman–Crippen LogP) is 4.58. The van der Waals surface area contributed by atoms with Crippen LogP contribution >= 0.6 is 11.6 Å². The van der Waals surface area contributed by atoms with Gasteiger partial charge in [0.1, 0.15) is 5.58 Å². The number of nitrogens with one attached hydrogen (secondary N) is 1. The summed E-state index contributed by atoms with van der Waals surface area (Å²) < 4.78 is 5.68. The monoisotopic (exact) mass is 411 g/mol. The fraction of sp³-hybridized carbons (Fsp3) is 0.348. The number of hydrogen-bond acceptors (Lipinski definition) is 4. The minimum absolute atomic E-state index is 0.0788. The van der Waals surface area contributed by atoms with Crippen LogP contribution in [0.5, 0.6) is 0 Å². The number of nitrogens with zero attached hydrogens (tertiary/aromatic N) is 2. The summed E-state index contributed by atoms with van der Waals surface area (Å²) >= 11 is 6.22. The van der Waals surface area contributed by atoms with Crippen molar-refractivity contribution in [1.82, 2.24) is 4.90 Å². The standard InChI is InChI=1S/C23H26ClN3O2/c1-3-16-4-6-19-17(15-29-22(19)12-16)13-23(28)25-20-14-18(24)5-7-21(20)27-10-8-26(2)9-11-27/h4-7,12,14-15H,3,8-11,13H2,1-2H3,(H,25,28). The van der Waals surface area contributed by atoms with Crippen molar-refractivity contribution in [2.75, 3.05) is 43.4 Å². The predicted molar refractivity (Wildman–Crippen MR) is 119 cm³/mol. The van der Waals surface area contributed by atoms with Crippen molar-refractivity contribution < 1.29 is 9.21 Å². The van der Waals surface area contributed by atoms with Gasteiger partial charge in [0.05, 0.1) is 24.1 Å². The molecule has 0 spiro atoms. The summed E-state index contributed by atoms with van der Waals surface area (Å²) in [5, 5.41) is 4.66. The minimum Gasteiger partial charge on any atom is -0.464 e. The lowest BCUT2D eigenvalue weighted by atomic mass is 10.1. The van der Waals surface area contributed by atoms with Crippen LogP contribution in [0.25, 0.3) is 11.0 Å². The number of fused-ring (bicyclic) bond motifs is 1. The zero-order valence-electron chi connectivity index (χ0n) is 16.9. The van der Waals surface area contributed by atoms with Gasteiger partial charge in [-0.3, -0.25) is 4.79 Å². The number of carbonyl (C=O) groups excluding carboxylic acids is 1. The smallest absolute Gasteiger partial charge is 0.228 e. The van der Waals surface area contributed by atoms with E-state index in [0.717, 1.165) is 60.5 Å². The number of rotatable bonds is 5. The molecular formula is C23H26ClN3O2. The van der Waals surface area contributed by atoms with Crippen molar-refractivity contribution in [3.05, 3.63) is 58.8 Å². The molecule has 152 valence electrons. The van der Waals surface area contributed by atoms with Gasteiger partial charge in [-0.1, -0.05) is 30.7 Å². The third-order valence-electron chi connectivity index (χ3n) is 5.56. The van der Waals surface area contributed by atoms with Crippen molar-refractivity contribution in [1.29, 1.82) is 0 Å². The molecule has 0 aliphatic carbocycles. The fourth-order valence-electron chi connectivity index (χ4n) is 3.78. The molecule has 1 fully saturated rings. The molecule has 1 saturated heterocycles. The Morgan fingerprint density at radius 1 is 1.14 bits per heavy atom. The first kappa shape index (κ1) is 19.8. The quantitative estimate of drug-likeness (QED) is 0.667. The zero-order valence-corrected chi connectivity index (χ0v) is 17.6. The number of benzene rings is 2. The molecule has 1 aromatic heterocycles. The zero-order chi connectivity index (χ0) is 20.4. The van der Waals surface area contributed by atoms with E-state index >= 15 is 0 Å². The first-order valence-corrected chi connectivity index (χ1v) is 10.4. The highest BCUT2D eigenvalue weighted by molar-refractivity contribution is 6.31. The lowest BCUT2D eigenvalue weighted by Crippen LogP contribution is -2.44. The van der Waals surface area contributed by atoms with Crippen LogP contribution in [0, 0.1) is 0 Å². The van der Waals surface area contributed by atoms with E-state index in [1.165, 1.54) is 5.56 Å². The third kappa shape index (κ3) is 4.41. The largest absolute Gasteiger partial charge is 0.464 e. The molecule has 0 saturated carbocycles. The average Bonchev–Trinajstić information content (AvgIpc) is 3.10. The lowest BCUT2D eigenvalue weighted by molar-refractivity contribution is -0.115. The highest BCUT2D eigenvalue weighted by Crippen LogP contribution is 2.30. The van der Waals surface area contributed by atoms with Crippen molar-refractivity contribution in [2.45, 2.75) is 19.8 Å². The van der Waals surface area contributed by atoms with Gasteiger partial charge in [0.15, 0.2) is 0 Å². The SMILES string of the molecule is CCc1ccc2c(CC(=O)Nc3cc(Cl)ccc3N3CCN(C)CC3)coc2c1. The maximum Gasteiger partial charge on any atom is 0.228 e. The maximum absolute atomic E-state index is 12.8. The number of piperazine rings is 1. The molecule has 1 amide bonds. The summed E-state index contributed by atoms with van der Waals surface area (Å²) in [4.78, 5) is 17.4. The Hall–Kier alpha value is -2.50. The number of hydrogen-bond donors (Lipinski definition) is 1. The Morgan fingerprint density at radius 2 is 1.93 bits per heavy atom. The molecule has 5 nitrogen and oxygen atoms in total. The van der Waals surface area contributed by atoms with Gasteiger partial charge in [-0.05, 0) is 43.3 Å². The molecule has 6 heteroatoms. The number of amides is 1. The summed E-state index contributed by atoms with van der Waals surface area (Å²) in [6.45, 7) is 5.95. The molecule has 29 heavy (non-hydrogen) atoms. The van der Waals surface area contributed by atoms with Crippen molar-refractivity contribution in [3.8, 4) is 0 Å². The van der Waals surface area contributed by atoms with Crippen molar-refractivity contribution >= 4 is 39.9 Å². The molecule has 1 N–H and O–H groups in total. The molecule has 1 aliphatic rings. The number of likely N-dealkylation sites (N-methyl/N-ethyl adjacent to an activating group) is 1. The molecule has 1 aliphatic heterocycles. The first-order chi connectivity index (χ1) is 14.0. The molecule has 0 atom stereocenters. The molecule has 0 radical (unpaired) electrons. The number of carbonyl (C=O) groups is 1. The van der Waals surface area contributed by atoms with E-state index in [9.17, 15) is 4.79 Å². The highest BCUT2D eigenvalue weighted by Gasteiger charge is 2.19. The number of anilines is 2. The van der Waals surface area contributed by atoms with Gasteiger partial charge in [-0.15, -0.1) is 0 Å². The van der Waals surface area contributed by atoms with E-state index in [0.29, 0.717) is 5.02 Å². The second-order valence-electron chi connectivity index (χ2n) is 7.62. The van der Waals surface area contributed by atoms with Crippen LogP contribution in [0.1, 0.15) is 18.1 Å². The number of furan rings is 1. The highest BCUT2D eigenvalue weighted by atomic mass is 35.5. The van der Waals surface area contributed by atoms with Crippen LogP contribution in [-0.4, -0.2) is 44.0 Å². The molecule has 0 unspecified atom stereocenters. The van der Waals surface area contributed by atoms with Crippen LogP contribution < -0.4 is 10.2 Å². The van der Waals surface area contributed by atoms with Gasteiger partial charge in [0.25, 0.3) is 0 Å². The summed E-state index contributed by atoms with van der Waals surface area (Å²) in [6.07, 6.45) is 2.90. The van der Waals surface area contributed by atoms with E-state index in [1.807, 2.05) is 30.3 Å². The average molecular weight is 412 g/mol. The Bertz CT molecular complexity index is 1020.